The lowest BCUT2D eigenvalue weighted by Gasteiger charge is -2.19. The summed E-state index contributed by atoms with van der Waals surface area (Å²) in [6.45, 7) is 1.81. The molecule has 0 radical (unpaired) electrons. The fraction of sp³-hybridized carbons (Fsp3) is 0.600. The van der Waals surface area contributed by atoms with E-state index in [9.17, 15) is 9.50 Å². The van der Waals surface area contributed by atoms with Crippen LogP contribution in [-0.2, 0) is 11.3 Å². The van der Waals surface area contributed by atoms with Crippen LogP contribution in [0.2, 0.25) is 0 Å². The first-order chi connectivity index (χ1) is 9.70. The summed E-state index contributed by atoms with van der Waals surface area (Å²) >= 11 is 0. The van der Waals surface area contributed by atoms with Gasteiger partial charge in [0.15, 0.2) is 0 Å². The number of methoxy groups -OCH3 is 1. The number of halogens is 1. The van der Waals surface area contributed by atoms with E-state index in [4.69, 9.17) is 9.47 Å². The van der Waals surface area contributed by atoms with Crippen molar-refractivity contribution in [2.24, 2.45) is 0 Å². The van der Waals surface area contributed by atoms with Crippen molar-refractivity contribution in [3.05, 3.63) is 29.6 Å². The predicted molar refractivity (Wildman–Crippen MR) is 74.3 cm³/mol. The Morgan fingerprint density at radius 2 is 2.25 bits per heavy atom. The Bertz CT molecular complexity index is 428. The third-order valence-electron chi connectivity index (χ3n) is 3.52. The first-order valence-corrected chi connectivity index (χ1v) is 7.03. The highest BCUT2D eigenvalue weighted by molar-refractivity contribution is 5.34. The van der Waals surface area contributed by atoms with E-state index in [0.29, 0.717) is 25.4 Å². The molecule has 0 spiro atoms. The maximum Gasteiger partial charge on any atom is 0.124 e. The van der Waals surface area contributed by atoms with Gasteiger partial charge < -0.3 is 19.9 Å². The Labute approximate surface area is 118 Å². The first-order valence-electron chi connectivity index (χ1n) is 7.03. The van der Waals surface area contributed by atoms with Crippen LogP contribution in [0.1, 0.15) is 24.8 Å². The molecule has 2 atom stereocenters. The highest BCUT2D eigenvalue weighted by Crippen LogP contribution is 2.27. The Morgan fingerprint density at radius 3 is 2.95 bits per heavy atom. The van der Waals surface area contributed by atoms with Crippen molar-refractivity contribution in [1.82, 2.24) is 5.32 Å². The summed E-state index contributed by atoms with van der Waals surface area (Å²) in [5.41, 5.74) is 0.764. The fourth-order valence-corrected chi connectivity index (χ4v) is 2.41. The van der Waals surface area contributed by atoms with Gasteiger partial charge in [0.25, 0.3) is 0 Å². The van der Waals surface area contributed by atoms with Crippen LogP contribution in [0.3, 0.4) is 0 Å². The summed E-state index contributed by atoms with van der Waals surface area (Å²) < 4.78 is 24.2. The molecular formula is C15H22FNO3. The number of ether oxygens (including phenoxy) is 2. The average Bonchev–Trinajstić information content (AvgIpc) is 2.83. The fourth-order valence-electron chi connectivity index (χ4n) is 2.41. The van der Waals surface area contributed by atoms with Crippen LogP contribution in [-0.4, -0.2) is 37.6 Å². The molecule has 4 nitrogen and oxygen atoms in total. The van der Waals surface area contributed by atoms with E-state index < -0.39 is 6.10 Å². The minimum Gasteiger partial charge on any atom is -0.487 e. The molecule has 0 heterocycles. The molecule has 2 unspecified atom stereocenters. The second-order valence-corrected chi connectivity index (χ2v) is 5.08. The van der Waals surface area contributed by atoms with E-state index in [1.54, 1.807) is 13.2 Å². The van der Waals surface area contributed by atoms with Crippen LogP contribution >= 0.6 is 0 Å². The van der Waals surface area contributed by atoms with Gasteiger partial charge in [0.2, 0.25) is 0 Å². The van der Waals surface area contributed by atoms with Crippen molar-refractivity contribution in [1.29, 1.82) is 0 Å². The maximum atomic E-state index is 13.4. The van der Waals surface area contributed by atoms with Crippen LogP contribution in [0.4, 0.5) is 4.39 Å². The van der Waals surface area contributed by atoms with Crippen LogP contribution < -0.4 is 10.1 Å². The van der Waals surface area contributed by atoms with Crippen molar-refractivity contribution in [3.8, 4) is 5.75 Å². The Kier molecular flexibility index (Phi) is 5.76. The molecule has 112 valence electrons. The molecule has 1 saturated carbocycles. The molecule has 1 aliphatic carbocycles. The van der Waals surface area contributed by atoms with E-state index in [-0.39, 0.29) is 11.9 Å². The van der Waals surface area contributed by atoms with Gasteiger partial charge in [-0.25, -0.2) is 4.39 Å². The molecule has 0 saturated heterocycles. The largest absolute Gasteiger partial charge is 0.487 e. The van der Waals surface area contributed by atoms with Crippen molar-refractivity contribution in [2.45, 2.75) is 38.0 Å². The Balaban J connectivity index is 1.99. The number of aliphatic hydroxyl groups excluding tert-OH is 1. The van der Waals surface area contributed by atoms with E-state index in [1.807, 2.05) is 0 Å². The number of hydrogen-bond acceptors (Lipinski definition) is 4. The van der Waals surface area contributed by atoms with Gasteiger partial charge in [0.05, 0.1) is 12.7 Å². The van der Waals surface area contributed by atoms with Crippen molar-refractivity contribution < 1.29 is 19.0 Å². The number of nitrogens with one attached hydrogen (secondary N) is 1. The number of rotatable bonds is 7. The summed E-state index contributed by atoms with van der Waals surface area (Å²) in [6, 6.07) is 4.49. The normalized spacial score (nSPS) is 22.1. The molecular weight excluding hydrogens is 261 g/mol. The summed E-state index contributed by atoms with van der Waals surface area (Å²) in [4.78, 5) is 0. The number of hydrogen-bond donors (Lipinski definition) is 2. The predicted octanol–water partition coefficient (Wildman–Crippen LogP) is 1.85. The molecule has 2 N–H and O–H groups in total. The van der Waals surface area contributed by atoms with Gasteiger partial charge in [-0.1, -0.05) is 0 Å². The van der Waals surface area contributed by atoms with Crippen LogP contribution in [0.15, 0.2) is 18.2 Å². The zero-order valence-electron chi connectivity index (χ0n) is 11.8. The van der Waals surface area contributed by atoms with Crippen molar-refractivity contribution >= 4 is 0 Å². The molecule has 0 aromatic heterocycles. The summed E-state index contributed by atoms with van der Waals surface area (Å²) in [5, 5.41) is 13.0. The van der Waals surface area contributed by atoms with Gasteiger partial charge in [0, 0.05) is 25.8 Å². The summed E-state index contributed by atoms with van der Waals surface area (Å²) in [6.07, 6.45) is 1.98. The molecule has 0 aliphatic heterocycles. The van der Waals surface area contributed by atoms with Crippen LogP contribution in [0, 0.1) is 5.82 Å². The smallest absolute Gasteiger partial charge is 0.124 e. The highest BCUT2D eigenvalue weighted by atomic mass is 19.1. The van der Waals surface area contributed by atoms with Gasteiger partial charge in [-0.2, -0.15) is 0 Å². The van der Waals surface area contributed by atoms with Crippen LogP contribution in [0.5, 0.6) is 5.75 Å². The lowest BCUT2D eigenvalue weighted by Crippen LogP contribution is -2.26. The quantitative estimate of drug-likeness (QED) is 0.750. The molecule has 5 heteroatoms. The SMILES string of the molecule is COCCNCc1cc(F)ccc1OC1CCCC1O. The van der Waals surface area contributed by atoms with E-state index in [1.165, 1.54) is 12.1 Å². The molecule has 0 bridgehead atoms. The summed E-state index contributed by atoms with van der Waals surface area (Å²) in [5.74, 6) is 0.357. The highest BCUT2D eigenvalue weighted by Gasteiger charge is 2.27. The second-order valence-electron chi connectivity index (χ2n) is 5.08. The molecule has 1 aliphatic rings. The minimum absolute atomic E-state index is 0.182. The second kappa shape index (κ2) is 7.57. The third kappa shape index (κ3) is 4.16. The van der Waals surface area contributed by atoms with Crippen molar-refractivity contribution in [3.63, 3.8) is 0 Å². The Hall–Kier alpha value is -1.17. The van der Waals surface area contributed by atoms with Gasteiger partial charge in [-0.3, -0.25) is 0 Å². The minimum atomic E-state index is -0.422. The molecule has 2 rings (SSSR count). The van der Waals surface area contributed by atoms with Gasteiger partial charge >= 0.3 is 0 Å². The maximum absolute atomic E-state index is 13.4. The zero-order valence-corrected chi connectivity index (χ0v) is 11.8. The topological polar surface area (TPSA) is 50.7 Å². The lowest BCUT2D eigenvalue weighted by molar-refractivity contribution is 0.0596. The van der Waals surface area contributed by atoms with Gasteiger partial charge in [-0.05, 0) is 37.5 Å². The number of aliphatic hydroxyl groups is 1. The monoisotopic (exact) mass is 283 g/mol. The first kappa shape index (κ1) is 15.2. The van der Waals surface area contributed by atoms with E-state index >= 15 is 0 Å². The van der Waals surface area contributed by atoms with E-state index in [0.717, 1.165) is 24.8 Å². The number of benzene rings is 1. The third-order valence-corrected chi connectivity index (χ3v) is 3.52. The molecule has 1 aromatic rings. The zero-order chi connectivity index (χ0) is 14.4. The average molecular weight is 283 g/mol. The standard InChI is InChI=1S/C15H22FNO3/c1-19-8-7-17-10-11-9-12(16)5-6-14(11)20-15-4-2-3-13(15)18/h5-6,9,13,15,17-18H,2-4,7-8,10H2,1H3. The molecule has 20 heavy (non-hydrogen) atoms. The summed E-state index contributed by atoms with van der Waals surface area (Å²) in [7, 11) is 1.64. The van der Waals surface area contributed by atoms with E-state index in [2.05, 4.69) is 5.32 Å². The molecule has 0 amide bonds. The van der Waals surface area contributed by atoms with Crippen molar-refractivity contribution in [2.75, 3.05) is 20.3 Å². The lowest BCUT2D eigenvalue weighted by atomic mass is 10.2. The van der Waals surface area contributed by atoms with Crippen LogP contribution in [0.25, 0.3) is 0 Å². The Morgan fingerprint density at radius 1 is 1.40 bits per heavy atom. The molecule has 1 aromatic carbocycles. The van der Waals surface area contributed by atoms with Gasteiger partial charge in [-0.15, -0.1) is 0 Å². The molecule has 1 fully saturated rings. The van der Waals surface area contributed by atoms with Gasteiger partial charge in [0.1, 0.15) is 17.7 Å².